The summed E-state index contributed by atoms with van der Waals surface area (Å²) in [7, 11) is 0. The lowest BCUT2D eigenvalue weighted by Gasteiger charge is -2.24. The molecule has 1 aromatic carbocycles. The van der Waals surface area contributed by atoms with Crippen LogP contribution in [0.2, 0.25) is 5.02 Å². The van der Waals surface area contributed by atoms with E-state index in [1.807, 2.05) is 12.1 Å². The maximum absolute atomic E-state index is 5.90. The summed E-state index contributed by atoms with van der Waals surface area (Å²) in [6.45, 7) is 4.33. The van der Waals surface area contributed by atoms with Crippen LogP contribution in [0.5, 0.6) is 0 Å². The van der Waals surface area contributed by atoms with E-state index < -0.39 is 0 Å². The average molecular weight is 225 g/mol. The average Bonchev–Trinajstić information content (AvgIpc) is 2.65. The molecule has 2 atom stereocenters. The van der Waals surface area contributed by atoms with E-state index in [1.54, 1.807) is 0 Å². The smallest absolute Gasteiger partial charge is 0.0406 e. The molecule has 1 aromatic rings. The fraction of sp³-hybridized carbons (Fsp3) is 0.500. The van der Waals surface area contributed by atoms with E-state index >= 15 is 0 Å². The molecular formula is C12H17ClN2. The molecule has 2 N–H and O–H groups in total. The van der Waals surface area contributed by atoms with Crippen LogP contribution < -0.4 is 5.73 Å². The minimum Gasteiger partial charge on any atom is -0.326 e. The van der Waals surface area contributed by atoms with E-state index in [2.05, 4.69) is 24.0 Å². The van der Waals surface area contributed by atoms with Crippen molar-refractivity contribution in [3.63, 3.8) is 0 Å². The first-order valence-corrected chi connectivity index (χ1v) is 5.79. The third-order valence-corrected chi connectivity index (χ3v) is 3.41. The maximum Gasteiger partial charge on any atom is 0.0406 e. The van der Waals surface area contributed by atoms with Crippen molar-refractivity contribution in [2.75, 3.05) is 13.1 Å². The van der Waals surface area contributed by atoms with E-state index in [1.165, 1.54) is 5.56 Å². The molecule has 3 heteroatoms. The van der Waals surface area contributed by atoms with Gasteiger partial charge in [0.05, 0.1) is 0 Å². The van der Waals surface area contributed by atoms with Crippen LogP contribution in [0.15, 0.2) is 24.3 Å². The van der Waals surface area contributed by atoms with Gasteiger partial charge in [-0.25, -0.2) is 0 Å². The number of nitrogens with zero attached hydrogens (tertiary/aromatic N) is 1. The van der Waals surface area contributed by atoms with Gasteiger partial charge < -0.3 is 5.73 Å². The minimum absolute atomic E-state index is 0.347. The molecule has 0 spiro atoms. The lowest BCUT2D eigenvalue weighted by molar-refractivity contribution is 0.260. The van der Waals surface area contributed by atoms with Crippen molar-refractivity contribution in [2.45, 2.75) is 25.4 Å². The van der Waals surface area contributed by atoms with Crippen LogP contribution in [0.3, 0.4) is 0 Å². The molecule has 1 aliphatic rings. The molecule has 2 rings (SSSR count). The number of benzene rings is 1. The second kappa shape index (κ2) is 4.52. The Labute approximate surface area is 96.0 Å². The van der Waals surface area contributed by atoms with E-state index in [9.17, 15) is 0 Å². The molecule has 0 saturated carbocycles. The first-order chi connectivity index (χ1) is 7.16. The largest absolute Gasteiger partial charge is 0.326 e. The van der Waals surface area contributed by atoms with Crippen molar-refractivity contribution in [1.82, 2.24) is 4.90 Å². The van der Waals surface area contributed by atoms with E-state index in [4.69, 9.17) is 17.3 Å². The Kier molecular flexibility index (Phi) is 3.29. The second-order valence-electron chi connectivity index (χ2n) is 4.27. The van der Waals surface area contributed by atoms with Crippen LogP contribution in [-0.2, 0) is 0 Å². The quantitative estimate of drug-likeness (QED) is 0.836. The Hall–Kier alpha value is -0.570. The third kappa shape index (κ3) is 2.51. The van der Waals surface area contributed by atoms with E-state index in [-0.39, 0.29) is 0 Å². The highest BCUT2D eigenvalue weighted by Gasteiger charge is 2.24. The Morgan fingerprint density at radius 1 is 1.40 bits per heavy atom. The number of nitrogens with two attached hydrogens (primary N) is 1. The van der Waals surface area contributed by atoms with Crippen LogP contribution in [-0.4, -0.2) is 24.0 Å². The highest BCUT2D eigenvalue weighted by atomic mass is 35.5. The van der Waals surface area contributed by atoms with Crippen molar-refractivity contribution in [1.29, 1.82) is 0 Å². The van der Waals surface area contributed by atoms with E-state index in [0.717, 1.165) is 24.5 Å². The van der Waals surface area contributed by atoms with Gasteiger partial charge in [0, 0.05) is 30.2 Å². The van der Waals surface area contributed by atoms with Crippen molar-refractivity contribution in [3.8, 4) is 0 Å². The SMILES string of the molecule is CC(c1ccc(Cl)cc1)N1CCC(N)C1. The van der Waals surface area contributed by atoms with Crippen molar-refractivity contribution in [2.24, 2.45) is 5.73 Å². The van der Waals surface area contributed by atoms with Crippen LogP contribution in [0.4, 0.5) is 0 Å². The first kappa shape index (κ1) is 10.9. The van der Waals surface area contributed by atoms with Crippen molar-refractivity contribution in [3.05, 3.63) is 34.9 Å². The summed E-state index contributed by atoms with van der Waals surface area (Å²) >= 11 is 5.87. The van der Waals surface area contributed by atoms with Crippen LogP contribution in [0.25, 0.3) is 0 Å². The Morgan fingerprint density at radius 3 is 2.60 bits per heavy atom. The van der Waals surface area contributed by atoms with Gasteiger partial charge in [0.25, 0.3) is 0 Å². The van der Waals surface area contributed by atoms with E-state index in [0.29, 0.717) is 12.1 Å². The predicted molar refractivity (Wildman–Crippen MR) is 64.0 cm³/mol. The zero-order chi connectivity index (χ0) is 10.8. The van der Waals surface area contributed by atoms with Gasteiger partial charge in [0.1, 0.15) is 0 Å². The molecule has 0 radical (unpaired) electrons. The number of halogens is 1. The Bertz CT molecular complexity index is 323. The molecule has 15 heavy (non-hydrogen) atoms. The fourth-order valence-electron chi connectivity index (χ4n) is 2.12. The second-order valence-corrected chi connectivity index (χ2v) is 4.71. The molecule has 1 aliphatic heterocycles. The predicted octanol–water partition coefficient (Wildman–Crippen LogP) is 2.43. The number of likely N-dealkylation sites (tertiary alicyclic amines) is 1. The first-order valence-electron chi connectivity index (χ1n) is 5.42. The minimum atomic E-state index is 0.347. The molecule has 0 amide bonds. The summed E-state index contributed by atoms with van der Waals surface area (Å²) < 4.78 is 0. The van der Waals surface area contributed by atoms with Gasteiger partial charge in [-0.05, 0) is 31.0 Å². The summed E-state index contributed by atoms with van der Waals surface area (Å²) in [6.07, 6.45) is 1.11. The van der Waals surface area contributed by atoms with Gasteiger partial charge in [-0.15, -0.1) is 0 Å². The van der Waals surface area contributed by atoms with Crippen LogP contribution in [0.1, 0.15) is 24.9 Å². The molecular weight excluding hydrogens is 208 g/mol. The molecule has 2 unspecified atom stereocenters. The van der Waals surface area contributed by atoms with Gasteiger partial charge in [0.2, 0.25) is 0 Å². The molecule has 1 saturated heterocycles. The fourth-order valence-corrected chi connectivity index (χ4v) is 2.25. The molecule has 2 nitrogen and oxygen atoms in total. The standard InChI is InChI=1S/C12H17ClN2/c1-9(15-7-6-12(14)8-15)10-2-4-11(13)5-3-10/h2-5,9,12H,6-8,14H2,1H3. The van der Waals surface area contributed by atoms with Gasteiger partial charge in [-0.3, -0.25) is 4.90 Å². The van der Waals surface area contributed by atoms with Crippen LogP contribution >= 0.6 is 11.6 Å². The lowest BCUT2D eigenvalue weighted by Crippen LogP contribution is -2.28. The number of rotatable bonds is 2. The third-order valence-electron chi connectivity index (χ3n) is 3.16. The van der Waals surface area contributed by atoms with Crippen molar-refractivity contribution >= 4 is 11.6 Å². The Balaban J connectivity index is 2.07. The zero-order valence-corrected chi connectivity index (χ0v) is 9.74. The highest BCUT2D eigenvalue weighted by molar-refractivity contribution is 6.30. The monoisotopic (exact) mass is 224 g/mol. The summed E-state index contributed by atoms with van der Waals surface area (Å²) in [5, 5.41) is 0.795. The summed E-state index contributed by atoms with van der Waals surface area (Å²) in [6, 6.07) is 8.87. The van der Waals surface area contributed by atoms with Gasteiger partial charge in [0.15, 0.2) is 0 Å². The number of hydrogen-bond donors (Lipinski definition) is 1. The molecule has 0 aliphatic carbocycles. The topological polar surface area (TPSA) is 29.3 Å². The van der Waals surface area contributed by atoms with Crippen molar-refractivity contribution < 1.29 is 0 Å². The summed E-state index contributed by atoms with van der Waals surface area (Å²) in [4.78, 5) is 2.42. The molecule has 1 fully saturated rings. The molecule has 1 heterocycles. The maximum atomic E-state index is 5.90. The van der Waals surface area contributed by atoms with Crippen LogP contribution in [0, 0.1) is 0 Å². The number of hydrogen-bond acceptors (Lipinski definition) is 2. The van der Waals surface area contributed by atoms with Gasteiger partial charge in [-0.2, -0.15) is 0 Å². The molecule has 0 aromatic heterocycles. The molecule has 0 bridgehead atoms. The Morgan fingerprint density at radius 2 is 2.07 bits per heavy atom. The highest BCUT2D eigenvalue weighted by Crippen LogP contribution is 2.24. The zero-order valence-electron chi connectivity index (χ0n) is 8.99. The summed E-state index contributed by atoms with van der Waals surface area (Å²) in [5.74, 6) is 0. The van der Waals surface area contributed by atoms with Gasteiger partial charge >= 0.3 is 0 Å². The van der Waals surface area contributed by atoms with Gasteiger partial charge in [-0.1, -0.05) is 23.7 Å². The lowest BCUT2D eigenvalue weighted by atomic mass is 10.1. The normalized spacial score (nSPS) is 24.3. The summed E-state index contributed by atoms with van der Waals surface area (Å²) in [5.41, 5.74) is 7.22. The molecule has 82 valence electrons.